The number of nitrogens with two attached hydrogens (primary N) is 1. The molecule has 3 heterocycles. The van der Waals surface area contributed by atoms with Gasteiger partial charge in [-0.25, -0.2) is 9.78 Å². The Morgan fingerprint density at radius 1 is 1.15 bits per heavy atom. The van der Waals surface area contributed by atoms with Crippen LogP contribution in [-0.2, 0) is 4.79 Å². The first kappa shape index (κ1) is 21.4. The van der Waals surface area contributed by atoms with Crippen LogP contribution in [0.1, 0.15) is 24.5 Å². The van der Waals surface area contributed by atoms with Gasteiger partial charge in [0.25, 0.3) is 5.56 Å². The summed E-state index contributed by atoms with van der Waals surface area (Å²) in [6.07, 6.45) is 2.92. The van der Waals surface area contributed by atoms with Crippen molar-refractivity contribution in [3.8, 4) is 17.2 Å². The lowest BCUT2D eigenvalue weighted by Crippen LogP contribution is -2.38. The Balaban J connectivity index is 1.55. The fourth-order valence-electron chi connectivity index (χ4n) is 4.40. The molecule has 1 aliphatic heterocycles. The van der Waals surface area contributed by atoms with Crippen LogP contribution in [0.4, 0.5) is 5.82 Å². The molecule has 2 aromatic carbocycles. The van der Waals surface area contributed by atoms with Crippen molar-refractivity contribution in [2.24, 2.45) is 0 Å². The molecule has 0 bridgehead atoms. The number of piperidine rings is 1. The highest BCUT2D eigenvalue weighted by Crippen LogP contribution is 2.33. The molecule has 1 fully saturated rings. The summed E-state index contributed by atoms with van der Waals surface area (Å²) in [6.45, 7) is 4.70. The van der Waals surface area contributed by atoms with Crippen molar-refractivity contribution < 1.29 is 9.53 Å². The second kappa shape index (κ2) is 8.86. The first-order valence-electron chi connectivity index (χ1n) is 11.1. The number of anilines is 1. The van der Waals surface area contributed by atoms with E-state index in [0.717, 1.165) is 18.6 Å². The highest BCUT2D eigenvalue weighted by molar-refractivity contribution is 5.91. The summed E-state index contributed by atoms with van der Waals surface area (Å²) in [5.74, 6) is 1.34. The van der Waals surface area contributed by atoms with E-state index in [4.69, 9.17) is 15.6 Å². The van der Waals surface area contributed by atoms with Gasteiger partial charge in [0.05, 0.1) is 16.8 Å². The predicted octanol–water partition coefficient (Wildman–Crippen LogP) is 3.38. The van der Waals surface area contributed by atoms with E-state index < -0.39 is 0 Å². The van der Waals surface area contributed by atoms with Gasteiger partial charge in [-0.05, 0) is 55.3 Å². The van der Waals surface area contributed by atoms with Gasteiger partial charge < -0.3 is 15.4 Å². The smallest absolute Gasteiger partial charge is 0.275 e. The van der Waals surface area contributed by atoms with E-state index in [-0.39, 0.29) is 23.2 Å². The third-order valence-electron chi connectivity index (χ3n) is 6.01. The molecule has 0 saturated carbocycles. The molecule has 1 aliphatic rings. The number of aromatic amines is 1. The second-order valence-corrected chi connectivity index (χ2v) is 8.20. The molecule has 2 aromatic heterocycles. The number of nitrogens with zero attached hydrogens (tertiary/aromatic N) is 4. The molecular formula is C25H24N6O3. The Morgan fingerprint density at radius 3 is 2.62 bits per heavy atom. The molecule has 34 heavy (non-hydrogen) atoms. The van der Waals surface area contributed by atoms with Crippen molar-refractivity contribution in [1.82, 2.24) is 24.9 Å². The maximum Gasteiger partial charge on any atom is 0.275 e. The topological polar surface area (TPSA) is 119 Å². The fraction of sp³-hybridized carbons (Fsp3) is 0.200. The van der Waals surface area contributed by atoms with Gasteiger partial charge >= 0.3 is 0 Å². The van der Waals surface area contributed by atoms with E-state index in [1.165, 1.54) is 6.08 Å². The number of rotatable bonds is 5. The van der Waals surface area contributed by atoms with Gasteiger partial charge in [0.15, 0.2) is 5.82 Å². The van der Waals surface area contributed by atoms with Crippen molar-refractivity contribution in [2.75, 3.05) is 18.8 Å². The van der Waals surface area contributed by atoms with Crippen molar-refractivity contribution in [3.63, 3.8) is 0 Å². The lowest BCUT2D eigenvalue weighted by atomic mass is 9.93. The lowest BCUT2D eigenvalue weighted by molar-refractivity contribution is -0.127. The van der Waals surface area contributed by atoms with E-state index in [0.29, 0.717) is 41.1 Å². The molecule has 172 valence electrons. The van der Waals surface area contributed by atoms with Gasteiger partial charge in [0, 0.05) is 19.0 Å². The van der Waals surface area contributed by atoms with E-state index in [9.17, 15) is 9.59 Å². The molecule has 0 aliphatic carbocycles. The van der Waals surface area contributed by atoms with Crippen LogP contribution in [0.5, 0.6) is 11.5 Å². The number of aromatic nitrogens is 4. The number of amides is 1. The molecule has 1 atom stereocenters. The van der Waals surface area contributed by atoms with Crippen molar-refractivity contribution in [3.05, 3.63) is 83.3 Å². The van der Waals surface area contributed by atoms with Gasteiger partial charge in [-0.2, -0.15) is 10.2 Å². The van der Waals surface area contributed by atoms with Gasteiger partial charge in [-0.3, -0.25) is 9.59 Å². The second-order valence-electron chi connectivity index (χ2n) is 8.20. The number of carbonyl (C=O) groups excluding carboxylic acids is 1. The number of fused-ring (bicyclic) bond motifs is 1. The molecule has 3 N–H and O–H groups in total. The van der Waals surface area contributed by atoms with Gasteiger partial charge in [-0.15, -0.1) is 0 Å². The highest BCUT2D eigenvalue weighted by atomic mass is 16.5. The minimum Gasteiger partial charge on any atom is -0.457 e. The van der Waals surface area contributed by atoms with Crippen LogP contribution in [-0.4, -0.2) is 43.9 Å². The molecule has 1 saturated heterocycles. The summed E-state index contributed by atoms with van der Waals surface area (Å²) in [7, 11) is 0. The molecule has 9 nitrogen and oxygen atoms in total. The van der Waals surface area contributed by atoms with Gasteiger partial charge in [0.1, 0.15) is 17.0 Å². The van der Waals surface area contributed by atoms with Crippen LogP contribution in [0.2, 0.25) is 0 Å². The number of hydrogen-bond donors (Lipinski definition) is 2. The Morgan fingerprint density at radius 2 is 1.88 bits per heavy atom. The largest absolute Gasteiger partial charge is 0.457 e. The number of hydrogen-bond acceptors (Lipinski definition) is 6. The number of ether oxygens (including phenoxy) is 1. The first-order valence-corrected chi connectivity index (χ1v) is 11.1. The summed E-state index contributed by atoms with van der Waals surface area (Å²) < 4.78 is 7.52. The summed E-state index contributed by atoms with van der Waals surface area (Å²) in [5, 5.41) is 11.6. The third-order valence-corrected chi connectivity index (χ3v) is 6.01. The maximum absolute atomic E-state index is 12.8. The zero-order chi connectivity index (χ0) is 23.7. The Bertz CT molecular complexity index is 1410. The zero-order valence-electron chi connectivity index (χ0n) is 18.5. The van der Waals surface area contributed by atoms with Gasteiger partial charge in [0.2, 0.25) is 5.91 Å². The standard InChI is InChI=1S/C25H24N6O3/c1-2-20(32)30-14-6-7-16(15-30)22-21-23(24(26)27-28-25(21)33)31(29-22)17-10-12-19(13-11-17)34-18-8-4-3-5-9-18/h2-5,8-13,16H,1,6-7,14-15H2,(H2,26,27)(H,28,33). The number of benzene rings is 2. The summed E-state index contributed by atoms with van der Waals surface area (Å²) in [4.78, 5) is 26.8. The Kier molecular flexibility index (Phi) is 5.59. The van der Waals surface area contributed by atoms with E-state index >= 15 is 0 Å². The number of para-hydroxylation sites is 1. The molecule has 5 rings (SSSR count). The number of nitrogen functional groups attached to an aromatic ring is 1. The molecule has 9 heteroatoms. The first-order chi connectivity index (χ1) is 16.5. The minimum absolute atomic E-state index is 0.106. The van der Waals surface area contributed by atoms with Crippen molar-refractivity contribution in [1.29, 1.82) is 0 Å². The van der Waals surface area contributed by atoms with Crippen molar-refractivity contribution >= 4 is 22.6 Å². The summed E-state index contributed by atoms with van der Waals surface area (Å²) in [5.41, 5.74) is 7.60. The summed E-state index contributed by atoms with van der Waals surface area (Å²) in [6, 6.07) is 16.9. The van der Waals surface area contributed by atoms with E-state index in [1.54, 1.807) is 9.58 Å². The quantitative estimate of drug-likeness (QED) is 0.445. The third kappa shape index (κ3) is 3.92. The monoisotopic (exact) mass is 456 g/mol. The normalized spacial score (nSPS) is 15.9. The average molecular weight is 457 g/mol. The van der Waals surface area contributed by atoms with Gasteiger partial charge in [-0.1, -0.05) is 24.8 Å². The van der Waals surface area contributed by atoms with Crippen LogP contribution in [0.3, 0.4) is 0 Å². The average Bonchev–Trinajstić information content (AvgIpc) is 3.29. The minimum atomic E-state index is -0.360. The van der Waals surface area contributed by atoms with Crippen LogP contribution >= 0.6 is 0 Å². The zero-order valence-corrected chi connectivity index (χ0v) is 18.5. The molecule has 4 aromatic rings. The molecule has 0 spiro atoms. The van der Waals surface area contributed by atoms with E-state index in [2.05, 4.69) is 16.8 Å². The highest BCUT2D eigenvalue weighted by Gasteiger charge is 2.30. The maximum atomic E-state index is 12.8. The van der Waals surface area contributed by atoms with E-state index in [1.807, 2.05) is 54.6 Å². The molecule has 1 amide bonds. The molecule has 1 unspecified atom stereocenters. The molecule has 0 radical (unpaired) electrons. The van der Waals surface area contributed by atoms with Crippen LogP contribution in [0, 0.1) is 0 Å². The Hall–Kier alpha value is -4.40. The van der Waals surface area contributed by atoms with Crippen LogP contribution in [0.15, 0.2) is 72.0 Å². The van der Waals surface area contributed by atoms with Crippen LogP contribution in [0.25, 0.3) is 16.6 Å². The summed E-state index contributed by atoms with van der Waals surface area (Å²) >= 11 is 0. The fourth-order valence-corrected chi connectivity index (χ4v) is 4.40. The number of nitrogens with one attached hydrogen (secondary N) is 1. The SMILES string of the molecule is C=CC(=O)N1CCCC(c2nn(-c3ccc(Oc4ccccc4)cc3)c3c(N)n[nH]c(=O)c23)C1. The molecular weight excluding hydrogens is 432 g/mol. The number of carbonyl (C=O) groups is 1. The predicted molar refractivity (Wildman–Crippen MR) is 129 cm³/mol. The number of likely N-dealkylation sites (tertiary alicyclic amines) is 1. The Labute approximate surface area is 195 Å². The number of H-pyrrole nitrogens is 1. The lowest BCUT2D eigenvalue weighted by Gasteiger charge is -2.31. The van der Waals surface area contributed by atoms with Crippen LogP contribution < -0.4 is 16.0 Å². The van der Waals surface area contributed by atoms with Crippen molar-refractivity contribution in [2.45, 2.75) is 18.8 Å².